The van der Waals surface area contributed by atoms with Gasteiger partial charge in [-0.1, -0.05) is 0 Å². The molecule has 0 fully saturated rings. The molecule has 4 nitrogen and oxygen atoms in total. The smallest absolute Gasteiger partial charge is 0.257 e. The molecule has 1 aromatic heterocycles. The van der Waals surface area contributed by atoms with Crippen molar-refractivity contribution in [2.45, 2.75) is 6.54 Å². The van der Waals surface area contributed by atoms with Crippen LogP contribution in [0.3, 0.4) is 0 Å². The van der Waals surface area contributed by atoms with Crippen molar-refractivity contribution in [2.24, 2.45) is 0 Å². The molecule has 6 heteroatoms. The van der Waals surface area contributed by atoms with Crippen LogP contribution in [0.2, 0.25) is 0 Å². The summed E-state index contributed by atoms with van der Waals surface area (Å²) in [7, 11) is 0. The van der Waals surface area contributed by atoms with Crippen molar-refractivity contribution < 1.29 is 9.21 Å². The monoisotopic (exact) mass is 386 g/mol. The van der Waals surface area contributed by atoms with E-state index in [1.165, 1.54) is 0 Å². The minimum Gasteiger partial charge on any atom is -0.467 e. The minimum atomic E-state index is -0.228. The van der Waals surface area contributed by atoms with Crippen molar-refractivity contribution in [3.63, 3.8) is 0 Å². The first kappa shape index (κ1) is 14.0. The van der Waals surface area contributed by atoms with Gasteiger partial charge in [0.25, 0.3) is 5.91 Å². The second-order valence-electron chi connectivity index (χ2n) is 3.72. The first-order valence-corrected chi connectivity index (χ1v) is 7.01. The molecule has 0 atom stereocenters. The molecule has 2 N–H and O–H groups in total. The third-order valence-electron chi connectivity index (χ3n) is 2.34. The zero-order valence-corrected chi connectivity index (χ0v) is 12.8. The first-order valence-electron chi connectivity index (χ1n) is 5.52. The molecular formula is C13H11IN2O2S. The summed E-state index contributed by atoms with van der Waals surface area (Å²) >= 11 is 7.23. The van der Waals surface area contributed by atoms with Gasteiger partial charge in [-0.25, -0.2) is 0 Å². The van der Waals surface area contributed by atoms with Crippen LogP contribution in [-0.2, 0) is 6.54 Å². The lowest BCUT2D eigenvalue weighted by atomic mass is 10.2. The van der Waals surface area contributed by atoms with Crippen molar-refractivity contribution in [3.05, 3.63) is 57.6 Å². The van der Waals surface area contributed by atoms with Crippen molar-refractivity contribution in [1.82, 2.24) is 10.6 Å². The summed E-state index contributed by atoms with van der Waals surface area (Å²) in [5.41, 5.74) is 0.572. The van der Waals surface area contributed by atoms with Crippen LogP contribution in [0.1, 0.15) is 16.1 Å². The van der Waals surface area contributed by atoms with Crippen LogP contribution < -0.4 is 10.6 Å². The molecule has 0 aliphatic carbocycles. The van der Waals surface area contributed by atoms with Gasteiger partial charge in [0.15, 0.2) is 5.11 Å². The number of halogens is 1. The Bertz CT molecular complexity index is 567. The molecule has 0 spiro atoms. The highest BCUT2D eigenvalue weighted by Crippen LogP contribution is 2.06. The van der Waals surface area contributed by atoms with Crippen LogP contribution in [0.15, 0.2) is 47.1 Å². The van der Waals surface area contributed by atoms with Gasteiger partial charge in [-0.15, -0.1) is 0 Å². The lowest BCUT2D eigenvalue weighted by Crippen LogP contribution is -2.38. The molecule has 1 aromatic carbocycles. The molecule has 1 heterocycles. The second kappa shape index (κ2) is 6.67. The lowest BCUT2D eigenvalue weighted by molar-refractivity contribution is 0.0976. The van der Waals surface area contributed by atoms with Gasteiger partial charge < -0.3 is 9.73 Å². The zero-order valence-electron chi connectivity index (χ0n) is 9.85. The van der Waals surface area contributed by atoms with Crippen molar-refractivity contribution >= 4 is 45.8 Å². The molecule has 0 aliphatic rings. The molecule has 0 unspecified atom stereocenters. The van der Waals surface area contributed by atoms with E-state index < -0.39 is 0 Å². The van der Waals surface area contributed by atoms with E-state index in [0.29, 0.717) is 12.1 Å². The van der Waals surface area contributed by atoms with E-state index in [0.717, 1.165) is 9.33 Å². The fourth-order valence-corrected chi connectivity index (χ4v) is 1.93. The quantitative estimate of drug-likeness (QED) is 0.629. The number of nitrogens with one attached hydrogen (secondary N) is 2. The van der Waals surface area contributed by atoms with E-state index in [2.05, 4.69) is 33.2 Å². The Morgan fingerprint density at radius 2 is 2.00 bits per heavy atom. The largest absolute Gasteiger partial charge is 0.467 e. The van der Waals surface area contributed by atoms with Crippen LogP contribution in [0.4, 0.5) is 0 Å². The normalized spacial score (nSPS) is 9.95. The number of hydrogen-bond donors (Lipinski definition) is 2. The fraction of sp³-hybridized carbons (Fsp3) is 0.0769. The molecule has 0 saturated carbocycles. The topological polar surface area (TPSA) is 54.3 Å². The number of hydrogen-bond acceptors (Lipinski definition) is 3. The molecule has 0 radical (unpaired) electrons. The summed E-state index contributed by atoms with van der Waals surface area (Å²) in [6, 6.07) is 10.9. The van der Waals surface area contributed by atoms with Crippen molar-refractivity contribution in [2.75, 3.05) is 0 Å². The summed E-state index contributed by atoms with van der Waals surface area (Å²) in [4.78, 5) is 11.9. The SMILES string of the molecule is O=C(NC(=S)NCc1ccco1)c1ccc(I)cc1. The van der Waals surface area contributed by atoms with E-state index in [9.17, 15) is 4.79 Å². The predicted octanol–water partition coefficient (Wildman–Crippen LogP) is 2.69. The van der Waals surface area contributed by atoms with Gasteiger partial charge in [0.1, 0.15) is 5.76 Å². The highest BCUT2D eigenvalue weighted by Gasteiger charge is 2.07. The maximum atomic E-state index is 11.9. The fourth-order valence-electron chi connectivity index (χ4n) is 1.40. The van der Waals surface area contributed by atoms with Crippen LogP contribution in [0, 0.1) is 3.57 Å². The maximum Gasteiger partial charge on any atom is 0.257 e. The lowest BCUT2D eigenvalue weighted by Gasteiger charge is -2.08. The Kier molecular flexibility index (Phi) is 4.92. The van der Waals surface area contributed by atoms with E-state index >= 15 is 0 Å². The van der Waals surface area contributed by atoms with E-state index in [4.69, 9.17) is 16.6 Å². The number of rotatable bonds is 3. The Labute approximate surface area is 129 Å². The predicted molar refractivity (Wildman–Crippen MR) is 84.8 cm³/mol. The molecule has 2 aromatic rings. The van der Waals surface area contributed by atoms with Gasteiger partial charge >= 0.3 is 0 Å². The van der Waals surface area contributed by atoms with Crippen LogP contribution in [-0.4, -0.2) is 11.0 Å². The van der Waals surface area contributed by atoms with Crippen LogP contribution >= 0.6 is 34.8 Å². The third-order valence-corrected chi connectivity index (χ3v) is 3.30. The molecule has 2 rings (SSSR count). The summed E-state index contributed by atoms with van der Waals surface area (Å²) in [5, 5.41) is 5.79. The molecule has 0 saturated heterocycles. The Hall–Kier alpha value is -1.41. The number of carbonyl (C=O) groups is 1. The first-order chi connectivity index (χ1) is 9.15. The standard InChI is InChI=1S/C13H11IN2O2S/c14-10-5-3-9(4-6-10)12(17)16-13(19)15-8-11-2-1-7-18-11/h1-7H,8H2,(H2,15,16,17,19). The third kappa shape index (κ3) is 4.32. The van der Waals surface area contributed by atoms with Gasteiger partial charge in [0, 0.05) is 9.13 Å². The number of benzene rings is 1. The van der Waals surface area contributed by atoms with E-state index in [1.54, 1.807) is 24.5 Å². The summed E-state index contributed by atoms with van der Waals surface area (Å²) in [5.74, 6) is 0.527. The average molecular weight is 386 g/mol. The van der Waals surface area contributed by atoms with Gasteiger partial charge in [-0.05, 0) is 71.2 Å². The number of carbonyl (C=O) groups excluding carboxylic acids is 1. The minimum absolute atomic E-state index is 0.228. The van der Waals surface area contributed by atoms with Crippen LogP contribution in [0.5, 0.6) is 0 Å². The van der Waals surface area contributed by atoms with Crippen molar-refractivity contribution in [3.8, 4) is 0 Å². The Morgan fingerprint density at radius 3 is 2.63 bits per heavy atom. The Balaban J connectivity index is 1.85. The van der Waals surface area contributed by atoms with E-state index in [1.807, 2.05) is 18.2 Å². The van der Waals surface area contributed by atoms with Crippen molar-refractivity contribution in [1.29, 1.82) is 0 Å². The summed E-state index contributed by atoms with van der Waals surface area (Å²) in [6.45, 7) is 0.443. The second-order valence-corrected chi connectivity index (χ2v) is 5.38. The maximum absolute atomic E-state index is 11.9. The highest BCUT2D eigenvalue weighted by molar-refractivity contribution is 14.1. The summed E-state index contributed by atoms with van der Waals surface area (Å²) < 4.78 is 6.23. The Morgan fingerprint density at radius 1 is 1.26 bits per heavy atom. The highest BCUT2D eigenvalue weighted by atomic mass is 127. The molecule has 98 valence electrons. The van der Waals surface area contributed by atoms with Gasteiger partial charge in [-0.3, -0.25) is 10.1 Å². The molecule has 0 aliphatic heterocycles. The molecular weight excluding hydrogens is 375 g/mol. The number of furan rings is 1. The van der Waals surface area contributed by atoms with Crippen LogP contribution in [0.25, 0.3) is 0 Å². The van der Waals surface area contributed by atoms with E-state index in [-0.39, 0.29) is 11.0 Å². The number of amides is 1. The molecule has 1 amide bonds. The molecule has 0 bridgehead atoms. The van der Waals surface area contributed by atoms with Gasteiger partial charge in [0.2, 0.25) is 0 Å². The zero-order chi connectivity index (χ0) is 13.7. The average Bonchev–Trinajstić information content (AvgIpc) is 2.90. The summed E-state index contributed by atoms with van der Waals surface area (Å²) in [6.07, 6.45) is 1.59. The van der Waals surface area contributed by atoms with Gasteiger partial charge in [-0.2, -0.15) is 0 Å². The number of thiocarbonyl (C=S) groups is 1. The molecule has 19 heavy (non-hydrogen) atoms. The van der Waals surface area contributed by atoms with Gasteiger partial charge in [0.05, 0.1) is 12.8 Å².